The Morgan fingerprint density at radius 1 is 1.23 bits per heavy atom. The summed E-state index contributed by atoms with van der Waals surface area (Å²) in [5.41, 5.74) is 0. The summed E-state index contributed by atoms with van der Waals surface area (Å²) >= 11 is 0. The minimum absolute atomic E-state index is 0.110. The van der Waals surface area contributed by atoms with Crippen LogP contribution in [0.15, 0.2) is 45.7 Å². The van der Waals surface area contributed by atoms with Crippen LogP contribution < -0.4 is 9.46 Å². The highest BCUT2D eigenvalue weighted by molar-refractivity contribution is 7.89. The lowest BCUT2D eigenvalue weighted by molar-refractivity contribution is 0.152. The minimum atomic E-state index is -3.70. The van der Waals surface area contributed by atoms with E-state index in [2.05, 4.69) is 4.72 Å². The van der Waals surface area contributed by atoms with Crippen LogP contribution in [0.2, 0.25) is 0 Å². The van der Waals surface area contributed by atoms with Gasteiger partial charge in [0.1, 0.15) is 23.4 Å². The van der Waals surface area contributed by atoms with Crippen LogP contribution >= 0.6 is 0 Å². The predicted octanol–water partition coefficient (Wildman–Crippen LogP) is 2.00. The zero-order valence-corrected chi connectivity index (χ0v) is 13.3. The third-order valence-corrected chi connectivity index (χ3v) is 4.44. The molecule has 1 atom stereocenters. The molecule has 1 unspecified atom stereocenters. The average Bonchev–Trinajstić information content (AvgIpc) is 2.92. The lowest BCUT2D eigenvalue weighted by Crippen LogP contribution is -2.28. The summed E-state index contributed by atoms with van der Waals surface area (Å²) in [6, 6.07) is 9.41. The lowest BCUT2D eigenvalue weighted by Gasteiger charge is -2.11. The van der Waals surface area contributed by atoms with Crippen molar-refractivity contribution in [3.05, 3.63) is 47.9 Å². The first-order chi connectivity index (χ1) is 10.4. The van der Waals surface area contributed by atoms with Gasteiger partial charge in [-0.1, -0.05) is 0 Å². The van der Waals surface area contributed by atoms with Crippen LogP contribution in [0.5, 0.6) is 5.75 Å². The molecule has 0 spiro atoms. The highest BCUT2D eigenvalue weighted by atomic mass is 32.2. The van der Waals surface area contributed by atoms with Gasteiger partial charge in [-0.2, -0.15) is 0 Å². The van der Waals surface area contributed by atoms with Gasteiger partial charge in [-0.25, -0.2) is 13.1 Å². The first-order valence-corrected chi connectivity index (χ1v) is 8.37. The molecule has 7 heteroatoms. The summed E-state index contributed by atoms with van der Waals surface area (Å²) in [5.74, 6) is 1.59. The largest absolute Gasteiger partial charge is 0.494 e. The Morgan fingerprint density at radius 3 is 2.45 bits per heavy atom. The molecule has 0 saturated heterocycles. The number of aliphatic hydroxyl groups is 1. The highest BCUT2D eigenvalue weighted by Crippen LogP contribution is 2.18. The van der Waals surface area contributed by atoms with Crippen LogP contribution in [-0.4, -0.2) is 26.7 Å². The number of ether oxygens (including phenoxy) is 1. The molecule has 0 bridgehead atoms. The third-order valence-electron chi connectivity index (χ3n) is 3.00. The number of nitrogens with one attached hydrogen (secondary N) is 1. The molecule has 0 aliphatic carbocycles. The maximum absolute atomic E-state index is 12.1. The summed E-state index contributed by atoms with van der Waals surface area (Å²) in [5, 5.41) is 9.92. The number of aryl methyl sites for hydroxylation is 1. The van der Waals surface area contributed by atoms with Gasteiger partial charge in [0, 0.05) is 6.54 Å². The second kappa shape index (κ2) is 6.95. The smallest absolute Gasteiger partial charge is 0.240 e. The molecule has 120 valence electrons. The topological polar surface area (TPSA) is 88.8 Å². The van der Waals surface area contributed by atoms with Gasteiger partial charge in [-0.3, -0.25) is 0 Å². The molecular weight excluding hydrogens is 306 g/mol. The molecule has 2 N–H and O–H groups in total. The van der Waals surface area contributed by atoms with Crippen molar-refractivity contribution in [2.75, 3.05) is 13.2 Å². The van der Waals surface area contributed by atoms with Crippen molar-refractivity contribution < 1.29 is 22.7 Å². The molecular formula is C15H19NO5S. The van der Waals surface area contributed by atoms with Gasteiger partial charge in [0.25, 0.3) is 0 Å². The molecule has 0 saturated carbocycles. The molecule has 0 amide bonds. The van der Waals surface area contributed by atoms with Crippen LogP contribution in [-0.2, 0) is 10.0 Å². The molecule has 1 heterocycles. The first-order valence-electron chi connectivity index (χ1n) is 6.89. The quantitative estimate of drug-likeness (QED) is 0.813. The first kappa shape index (κ1) is 16.5. The lowest BCUT2D eigenvalue weighted by atomic mass is 10.3. The Kier molecular flexibility index (Phi) is 5.23. The van der Waals surface area contributed by atoms with E-state index in [0.29, 0.717) is 23.9 Å². The fourth-order valence-corrected chi connectivity index (χ4v) is 2.93. The van der Waals surface area contributed by atoms with Crippen LogP contribution in [0.25, 0.3) is 0 Å². The zero-order valence-electron chi connectivity index (χ0n) is 12.4. The maximum Gasteiger partial charge on any atom is 0.240 e. The van der Waals surface area contributed by atoms with E-state index in [1.807, 2.05) is 6.92 Å². The normalized spacial score (nSPS) is 13.0. The third kappa shape index (κ3) is 4.09. The Hall–Kier alpha value is -1.83. The van der Waals surface area contributed by atoms with Gasteiger partial charge in [0.2, 0.25) is 10.0 Å². The molecule has 1 aromatic carbocycles. The number of rotatable bonds is 7. The van der Waals surface area contributed by atoms with E-state index in [1.165, 1.54) is 12.1 Å². The van der Waals surface area contributed by atoms with Crippen molar-refractivity contribution >= 4 is 10.0 Å². The van der Waals surface area contributed by atoms with E-state index in [0.717, 1.165) is 0 Å². The predicted molar refractivity (Wildman–Crippen MR) is 81.2 cm³/mol. The summed E-state index contributed by atoms with van der Waals surface area (Å²) in [4.78, 5) is 0.110. The number of benzene rings is 1. The monoisotopic (exact) mass is 325 g/mol. The van der Waals surface area contributed by atoms with Gasteiger partial charge < -0.3 is 14.3 Å². The number of furan rings is 1. The van der Waals surface area contributed by atoms with E-state index in [9.17, 15) is 13.5 Å². The number of sulfonamides is 1. The average molecular weight is 325 g/mol. The molecule has 0 radical (unpaired) electrons. The summed E-state index contributed by atoms with van der Waals surface area (Å²) in [6.45, 7) is 3.95. The van der Waals surface area contributed by atoms with Gasteiger partial charge in [0.05, 0.1) is 11.5 Å². The number of hydrogen-bond donors (Lipinski definition) is 2. The Balaban J connectivity index is 2.01. The Bertz CT molecular complexity index is 706. The maximum atomic E-state index is 12.1. The van der Waals surface area contributed by atoms with Crippen LogP contribution in [0.4, 0.5) is 0 Å². The van der Waals surface area contributed by atoms with Crippen molar-refractivity contribution in [1.29, 1.82) is 0 Å². The molecule has 22 heavy (non-hydrogen) atoms. The van der Waals surface area contributed by atoms with Gasteiger partial charge in [-0.05, 0) is 50.2 Å². The van der Waals surface area contributed by atoms with E-state index in [4.69, 9.17) is 9.15 Å². The fourth-order valence-electron chi connectivity index (χ4n) is 1.89. The van der Waals surface area contributed by atoms with Crippen molar-refractivity contribution in [3.8, 4) is 5.75 Å². The second-order valence-corrected chi connectivity index (χ2v) is 6.49. The number of hydrogen-bond acceptors (Lipinski definition) is 5. The molecule has 6 nitrogen and oxygen atoms in total. The van der Waals surface area contributed by atoms with Crippen molar-refractivity contribution in [1.82, 2.24) is 4.72 Å². The summed E-state index contributed by atoms with van der Waals surface area (Å²) in [6.07, 6.45) is -1.04. The van der Waals surface area contributed by atoms with Gasteiger partial charge >= 0.3 is 0 Å². The molecule has 0 fully saturated rings. The number of aliphatic hydroxyl groups excluding tert-OH is 1. The van der Waals surface area contributed by atoms with Crippen molar-refractivity contribution in [3.63, 3.8) is 0 Å². The van der Waals surface area contributed by atoms with Crippen molar-refractivity contribution in [2.24, 2.45) is 0 Å². The fraction of sp³-hybridized carbons (Fsp3) is 0.333. The van der Waals surface area contributed by atoms with E-state index >= 15 is 0 Å². The van der Waals surface area contributed by atoms with E-state index < -0.39 is 16.1 Å². The Labute approximate surface area is 129 Å². The van der Waals surface area contributed by atoms with E-state index in [1.54, 1.807) is 31.2 Å². The van der Waals surface area contributed by atoms with Crippen molar-refractivity contribution in [2.45, 2.75) is 24.8 Å². The van der Waals surface area contributed by atoms with Gasteiger partial charge in [-0.15, -0.1) is 0 Å². The summed E-state index contributed by atoms with van der Waals surface area (Å²) in [7, 11) is -3.70. The second-order valence-electron chi connectivity index (χ2n) is 4.72. The highest BCUT2D eigenvalue weighted by Gasteiger charge is 2.18. The standard InChI is InChI=1S/C15H19NO5S/c1-3-20-12-5-7-13(8-6-12)22(18,19)16-10-14(17)15-9-4-11(2)21-15/h4-9,14,16-17H,3,10H2,1-2H3. The van der Waals surface area contributed by atoms with E-state index in [-0.39, 0.29) is 11.4 Å². The Morgan fingerprint density at radius 2 is 1.91 bits per heavy atom. The summed E-state index contributed by atoms with van der Waals surface area (Å²) < 4.78 is 37.2. The molecule has 0 aliphatic rings. The molecule has 2 rings (SSSR count). The molecule has 1 aromatic heterocycles. The zero-order chi connectivity index (χ0) is 16.2. The molecule has 2 aromatic rings. The molecule has 0 aliphatic heterocycles. The minimum Gasteiger partial charge on any atom is -0.494 e. The van der Waals surface area contributed by atoms with Crippen LogP contribution in [0.3, 0.4) is 0 Å². The van der Waals surface area contributed by atoms with Crippen LogP contribution in [0, 0.1) is 6.92 Å². The SMILES string of the molecule is CCOc1ccc(S(=O)(=O)NCC(O)c2ccc(C)o2)cc1. The van der Waals surface area contributed by atoms with Crippen LogP contribution in [0.1, 0.15) is 24.5 Å². The van der Waals surface area contributed by atoms with Gasteiger partial charge in [0.15, 0.2) is 0 Å².